The van der Waals surface area contributed by atoms with Crippen molar-refractivity contribution in [3.63, 3.8) is 0 Å². The van der Waals surface area contributed by atoms with Gasteiger partial charge in [0, 0.05) is 19.0 Å². The lowest BCUT2D eigenvalue weighted by Gasteiger charge is -2.41. The van der Waals surface area contributed by atoms with Gasteiger partial charge in [0.2, 0.25) is 5.91 Å². The van der Waals surface area contributed by atoms with E-state index < -0.39 is 0 Å². The normalized spacial score (nSPS) is 19.9. The van der Waals surface area contributed by atoms with E-state index in [-0.39, 0.29) is 11.8 Å². The molecule has 1 aliphatic carbocycles. The maximum absolute atomic E-state index is 11.8. The average Bonchev–Trinajstić information content (AvgIpc) is 2.24. The molecule has 0 bridgehead atoms. The van der Waals surface area contributed by atoms with Crippen molar-refractivity contribution in [2.24, 2.45) is 11.3 Å². The Balaban J connectivity index is 2.23. The van der Waals surface area contributed by atoms with E-state index in [9.17, 15) is 4.79 Å². The first-order chi connectivity index (χ1) is 7.63. The van der Waals surface area contributed by atoms with Crippen LogP contribution in [-0.2, 0) is 4.79 Å². The molecule has 2 N–H and O–H groups in total. The van der Waals surface area contributed by atoms with Gasteiger partial charge in [-0.25, -0.2) is 0 Å². The van der Waals surface area contributed by atoms with E-state index in [1.807, 2.05) is 6.92 Å². The molecule has 0 aliphatic heterocycles. The van der Waals surface area contributed by atoms with E-state index in [1.54, 1.807) is 0 Å². The van der Waals surface area contributed by atoms with Gasteiger partial charge in [-0.2, -0.15) is 0 Å². The molecule has 1 amide bonds. The number of carbonyl (C=O) groups excluding carboxylic acids is 1. The number of nitrogens with one attached hydrogen (secondary N) is 2. The van der Waals surface area contributed by atoms with Gasteiger partial charge in [0.15, 0.2) is 0 Å². The van der Waals surface area contributed by atoms with Crippen LogP contribution in [0.3, 0.4) is 0 Å². The van der Waals surface area contributed by atoms with Gasteiger partial charge in [-0.05, 0) is 31.2 Å². The Labute approximate surface area is 99.4 Å². The largest absolute Gasteiger partial charge is 0.355 e. The summed E-state index contributed by atoms with van der Waals surface area (Å²) in [4.78, 5) is 11.8. The smallest absolute Gasteiger partial charge is 0.224 e. The molecule has 0 aromatic rings. The summed E-state index contributed by atoms with van der Waals surface area (Å²) >= 11 is 0. The predicted octanol–water partition coefficient (Wildman–Crippen LogP) is 1.93. The second-order valence-corrected chi connectivity index (χ2v) is 5.13. The van der Waals surface area contributed by atoms with Crippen LogP contribution in [0.2, 0.25) is 0 Å². The molecular weight excluding hydrogens is 200 g/mol. The van der Waals surface area contributed by atoms with Crippen LogP contribution >= 0.6 is 0 Å². The van der Waals surface area contributed by atoms with E-state index in [2.05, 4.69) is 24.5 Å². The molecule has 94 valence electrons. The zero-order valence-electron chi connectivity index (χ0n) is 10.9. The summed E-state index contributed by atoms with van der Waals surface area (Å²) in [5, 5.41) is 6.31. The summed E-state index contributed by atoms with van der Waals surface area (Å²) in [5.74, 6) is 0.273. The Hall–Kier alpha value is -0.570. The maximum atomic E-state index is 11.8. The fourth-order valence-corrected chi connectivity index (χ4v) is 2.23. The van der Waals surface area contributed by atoms with Gasteiger partial charge >= 0.3 is 0 Å². The van der Waals surface area contributed by atoms with E-state index in [0.29, 0.717) is 5.41 Å². The SMILES string of the molecule is CCNCC(C)C(=O)NCC1(CC)CCC1. The number of carbonyl (C=O) groups is 1. The molecule has 1 rings (SSSR count). The van der Waals surface area contributed by atoms with Gasteiger partial charge in [-0.1, -0.05) is 27.2 Å². The fraction of sp³-hybridized carbons (Fsp3) is 0.923. The minimum absolute atomic E-state index is 0.0777. The van der Waals surface area contributed by atoms with Crippen LogP contribution in [0.4, 0.5) is 0 Å². The molecule has 3 heteroatoms. The summed E-state index contributed by atoms with van der Waals surface area (Å²) in [6.45, 7) is 8.85. The van der Waals surface area contributed by atoms with Crippen molar-refractivity contribution in [3.05, 3.63) is 0 Å². The highest BCUT2D eigenvalue weighted by Crippen LogP contribution is 2.43. The molecule has 1 saturated carbocycles. The minimum Gasteiger partial charge on any atom is -0.355 e. The van der Waals surface area contributed by atoms with Crippen molar-refractivity contribution in [3.8, 4) is 0 Å². The van der Waals surface area contributed by atoms with E-state index in [4.69, 9.17) is 0 Å². The molecule has 3 nitrogen and oxygen atoms in total. The van der Waals surface area contributed by atoms with Crippen molar-refractivity contribution in [2.45, 2.75) is 46.5 Å². The van der Waals surface area contributed by atoms with Crippen LogP contribution < -0.4 is 10.6 Å². The molecule has 1 unspecified atom stereocenters. The standard InChI is InChI=1S/C13H26N2O/c1-4-13(7-6-8-13)10-15-12(16)11(3)9-14-5-2/h11,14H,4-10H2,1-3H3,(H,15,16). The number of hydrogen-bond donors (Lipinski definition) is 2. The number of amides is 1. The quantitative estimate of drug-likeness (QED) is 0.696. The topological polar surface area (TPSA) is 41.1 Å². The summed E-state index contributed by atoms with van der Waals surface area (Å²) in [7, 11) is 0. The highest BCUT2D eigenvalue weighted by molar-refractivity contribution is 5.78. The van der Waals surface area contributed by atoms with Crippen LogP contribution in [0.5, 0.6) is 0 Å². The Morgan fingerprint density at radius 2 is 2.06 bits per heavy atom. The Kier molecular flexibility index (Phi) is 5.26. The molecule has 1 fully saturated rings. The highest BCUT2D eigenvalue weighted by Gasteiger charge is 2.35. The van der Waals surface area contributed by atoms with Crippen molar-refractivity contribution in [1.82, 2.24) is 10.6 Å². The van der Waals surface area contributed by atoms with Crippen LogP contribution in [0.25, 0.3) is 0 Å². The Morgan fingerprint density at radius 1 is 1.38 bits per heavy atom. The molecule has 16 heavy (non-hydrogen) atoms. The van der Waals surface area contributed by atoms with Gasteiger partial charge < -0.3 is 10.6 Å². The third-order valence-corrected chi connectivity index (χ3v) is 3.95. The molecular formula is C13H26N2O. The zero-order valence-corrected chi connectivity index (χ0v) is 10.9. The third-order valence-electron chi connectivity index (χ3n) is 3.95. The van der Waals surface area contributed by atoms with E-state index in [0.717, 1.165) is 19.6 Å². The summed E-state index contributed by atoms with van der Waals surface area (Å²) in [5.41, 5.74) is 0.424. The number of hydrogen-bond acceptors (Lipinski definition) is 2. The van der Waals surface area contributed by atoms with Crippen LogP contribution in [0.15, 0.2) is 0 Å². The first-order valence-electron chi connectivity index (χ1n) is 6.62. The zero-order chi connectivity index (χ0) is 12.0. The minimum atomic E-state index is 0.0777. The molecule has 1 aliphatic rings. The first kappa shape index (κ1) is 13.5. The second-order valence-electron chi connectivity index (χ2n) is 5.13. The van der Waals surface area contributed by atoms with Gasteiger partial charge in [0.05, 0.1) is 0 Å². The van der Waals surface area contributed by atoms with Gasteiger partial charge in [0.1, 0.15) is 0 Å². The lowest BCUT2D eigenvalue weighted by Crippen LogP contribution is -2.44. The Morgan fingerprint density at radius 3 is 2.50 bits per heavy atom. The summed E-state index contributed by atoms with van der Waals surface area (Å²) in [6.07, 6.45) is 5.09. The third kappa shape index (κ3) is 3.48. The molecule has 1 atom stereocenters. The molecule has 0 heterocycles. The van der Waals surface area contributed by atoms with Crippen molar-refractivity contribution < 1.29 is 4.79 Å². The molecule has 0 spiro atoms. The average molecular weight is 226 g/mol. The van der Waals surface area contributed by atoms with Crippen molar-refractivity contribution in [2.75, 3.05) is 19.6 Å². The Bertz CT molecular complexity index is 218. The summed E-state index contributed by atoms with van der Waals surface area (Å²) in [6, 6.07) is 0. The van der Waals surface area contributed by atoms with Gasteiger partial charge in [-0.15, -0.1) is 0 Å². The second kappa shape index (κ2) is 6.24. The lowest BCUT2D eigenvalue weighted by molar-refractivity contribution is -0.125. The first-order valence-corrected chi connectivity index (χ1v) is 6.62. The van der Waals surface area contributed by atoms with Crippen LogP contribution in [-0.4, -0.2) is 25.5 Å². The van der Waals surface area contributed by atoms with E-state index in [1.165, 1.54) is 25.7 Å². The molecule has 0 saturated heterocycles. The predicted molar refractivity (Wildman–Crippen MR) is 67.3 cm³/mol. The van der Waals surface area contributed by atoms with Crippen molar-refractivity contribution >= 4 is 5.91 Å². The van der Waals surface area contributed by atoms with Gasteiger partial charge in [-0.3, -0.25) is 4.79 Å². The molecule has 0 aromatic heterocycles. The number of rotatable bonds is 7. The van der Waals surface area contributed by atoms with Crippen LogP contribution in [0, 0.1) is 11.3 Å². The van der Waals surface area contributed by atoms with Crippen LogP contribution in [0.1, 0.15) is 46.5 Å². The highest BCUT2D eigenvalue weighted by atomic mass is 16.1. The monoisotopic (exact) mass is 226 g/mol. The molecule has 0 aromatic carbocycles. The van der Waals surface area contributed by atoms with Crippen molar-refractivity contribution in [1.29, 1.82) is 0 Å². The maximum Gasteiger partial charge on any atom is 0.224 e. The molecule has 0 radical (unpaired) electrons. The van der Waals surface area contributed by atoms with E-state index >= 15 is 0 Å². The fourth-order valence-electron chi connectivity index (χ4n) is 2.23. The van der Waals surface area contributed by atoms with Gasteiger partial charge in [0.25, 0.3) is 0 Å². The lowest BCUT2D eigenvalue weighted by atomic mass is 9.67. The summed E-state index contributed by atoms with van der Waals surface area (Å²) < 4.78 is 0.